The van der Waals surface area contributed by atoms with Crippen LogP contribution < -0.4 is 10.6 Å². The summed E-state index contributed by atoms with van der Waals surface area (Å²) in [7, 11) is 0. The van der Waals surface area contributed by atoms with Gasteiger partial charge in [0.1, 0.15) is 12.2 Å². The number of hydrogen-bond acceptors (Lipinski definition) is 5. The number of aromatic amines is 1. The maximum Gasteiger partial charge on any atom is 0.416 e. The predicted molar refractivity (Wildman–Crippen MR) is 104 cm³/mol. The van der Waals surface area contributed by atoms with Gasteiger partial charge in [-0.15, -0.1) is 0 Å². The molecular weight excluding hydrogens is 417 g/mol. The van der Waals surface area contributed by atoms with E-state index in [0.717, 1.165) is 6.07 Å². The van der Waals surface area contributed by atoms with Crippen molar-refractivity contribution in [2.24, 2.45) is 0 Å². The number of benzene rings is 1. The number of alkyl halides is 3. The van der Waals surface area contributed by atoms with Crippen LogP contribution in [-0.4, -0.2) is 41.0 Å². The molecule has 3 N–H and O–H groups in total. The van der Waals surface area contributed by atoms with E-state index in [4.69, 9.17) is 9.47 Å². The van der Waals surface area contributed by atoms with Crippen molar-refractivity contribution in [3.05, 3.63) is 47.2 Å². The number of nitrogens with zero attached hydrogens (tertiary/aromatic N) is 1. The minimum absolute atomic E-state index is 0.0486. The topological polar surface area (TPSA) is 105 Å². The lowest BCUT2D eigenvalue weighted by atomic mass is 10.0. The number of H-pyrrole nitrogens is 1. The lowest BCUT2D eigenvalue weighted by Crippen LogP contribution is -2.33. The number of ether oxygens (including phenoxy) is 2. The molecule has 1 aliphatic rings. The number of halogens is 3. The highest BCUT2D eigenvalue weighted by Crippen LogP contribution is 2.32. The van der Waals surface area contributed by atoms with Gasteiger partial charge in [-0.3, -0.25) is 9.89 Å². The van der Waals surface area contributed by atoms with Gasteiger partial charge in [0.05, 0.1) is 24.3 Å². The van der Waals surface area contributed by atoms with E-state index in [1.54, 1.807) is 0 Å². The molecule has 2 atom stereocenters. The van der Waals surface area contributed by atoms with Gasteiger partial charge in [0, 0.05) is 18.5 Å². The van der Waals surface area contributed by atoms with Gasteiger partial charge >= 0.3 is 12.3 Å². The molecule has 0 spiro atoms. The molecule has 1 aliphatic heterocycles. The van der Waals surface area contributed by atoms with Crippen LogP contribution in [0.5, 0.6) is 0 Å². The molecule has 1 fully saturated rings. The van der Waals surface area contributed by atoms with Gasteiger partial charge in [0.2, 0.25) is 5.91 Å². The molecule has 2 heterocycles. The average molecular weight is 440 g/mol. The molecule has 0 saturated carbocycles. The molecule has 31 heavy (non-hydrogen) atoms. The van der Waals surface area contributed by atoms with E-state index in [-0.39, 0.29) is 24.0 Å². The van der Waals surface area contributed by atoms with Crippen LogP contribution in [0.3, 0.4) is 0 Å². The normalized spacial score (nSPS) is 18.8. The van der Waals surface area contributed by atoms with Gasteiger partial charge in [-0.25, -0.2) is 4.79 Å². The van der Waals surface area contributed by atoms with E-state index in [0.29, 0.717) is 12.1 Å². The minimum Gasteiger partial charge on any atom is -0.444 e. The van der Waals surface area contributed by atoms with Gasteiger partial charge < -0.3 is 20.1 Å². The third-order valence-electron chi connectivity index (χ3n) is 4.53. The third-order valence-corrected chi connectivity index (χ3v) is 4.53. The number of aromatic nitrogens is 2. The summed E-state index contributed by atoms with van der Waals surface area (Å²) < 4.78 is 50.1. The summed E-state index contributed by atoms with van der Waals surface area (Å²) in [6.45, 7) is 3.85. The highest BCUT2D eigenvalue weighted by atomic mass is 19.4. The molecule has 1 aromatic heterocycles. The molecule has 0 aliphatic carbocycles. The first-order valence-corrected chi connectivity index (χ1v) is 9.71. The largest absolute Gasteiger partial charge is 0.444 e. The summed E-state index contributed by atoms with van der Waals surface area (Å²) in [5.41, 5.74) is -0.414. The summed E-state index contributed by atoms with van der Waals surface area (Å²) in [5.74, 6) is -0.469. The van der Waals surface area contributed by atoms with Crippen molar-refractivity contribution in [2.45, 2.75) is 51.1 Å². The van der Waals surface area contributed by atoms with Crippen molar-refractivity contribution in [1.82, 2.24) is 15.5 Å². The Kier molecular flexibility index (Phi) is 6.84. The lowest BCUT2D eigenvalue weighted by molar-refractivity contribution is -0.138. The standard InChI is InChI=1S/C20H23F3N4O4/c1-11(2)24-19(29)31-13-8-16(30-10-13)15-9-17(27-26-15)25-18(28)7-12-5-3-4-6-14(12)20(21,22)23/h3-6,9,11,13,16H,7-8,10H2,1-2H3,(H,24,29)(H2,25,26,27,28). The van der Waals surface area contributed by atoms with Crippen LogP contribution in [-0.2, 0) is 26.9 Å². The van der Waals surface area contributed by atoms with Crippen LogP contribution >= 0.6 is 0 Å². The molecule has 11 heteroatoms. The summed E-state index contributed by atoms with van der Waals surface area (Å²) in [6, 6.07) is 6.41. The van der Waals surface area contributed by atoms with Crippen molar-refractivity contribution in [3.63, 3.8) is 0 Å². The number of carbonyl (C=O) groups excluding carboxylic acids is 2. The molecule has 1 saturated heterocycles. The number of amides is 2. The van der Waals surface area contributed by atoms with Crippen molar-refractivity contribution in [2.75, 3.05) is 11.9 Å². The summed E-state index contributed by atoms with van der Waals surface area (Å²) in [6.07, 6.45) is -5.95. The van der Waals surface area contributed by atoms with Crippen molar-refractivity contribution < 1.29 is 32.2 Å². The Morgan fingerprint density at radius 3 is 2.77 bits per heavy atom. The maximum atomic E-state index is 13.1. The lowest BCUT2D eigenvalue weighted by Gasteiger charge is -2.13. The first-order chi connectivity index (χ1) is 14.6. The van der Waals surface area contributed by atoms with Gasteiger partial charge in [-0.2, -0.15) is 18.3 Å². The Bertz CT molecular complexity index is 929. The molecule has 2 aromatic rings. The second-order valence-corrected chi connectivity index (χ2v) is 7.47. The average Bonchev–Trinajstić information content (AvgIpc) is 3.30. The molecular formula is C20H23F3N4O4. The van der Waals surface area contributed by atoms with Crippen molar-refractivity contribution in [1.29, 1.82) is 0 Å². The molecule has 2 unspecified atom stereocenters. The zero-order valence-electron chi connectivity index (χ0n) is 17.0. The minimum atomic E-state index is -4.54. The number of nitrogens with one attached hydrogen (secondary N) is 3. The van der Waals surface area contributed by atoms with Crippen LogP contribution in [0.4, 0.5) is 23.8 Å². The van der Waals surface area contributed by atoms with E-state index < -0.39 is 42.4 Å². The van der Waals surface area contributed by atoms with Crippen LogP contribution in [0.25, 0.3) is 0 Å². The summed E-state index contributed by atoms with van der Waals surface area (Å²) in [5, 5.41) is 11.8. The molecule has 168 valence electrons. The fourth-order valence-corrected chi connectivity index (χ4v) is 3.19. The second-order valence-electron chi connectivity index (χ2n) is 7.47. The Morgan fingerprint density at radius 1 is 1.32 bits per heavy atom. The van der Waals surface area contributed by atoms with Crippen molar-refractivity contribution in [3.8, 4) is 0 Å². The van der Waals surface area contributed by atoms with Crippen molar-refractivity contribution >= 4 is 17.8 Å². The van der Waals surface area contributed by atoms with Gasteiger partial charge in [0.25, 0.3) is 0 Å². The molecule has 0 bridgehead atoms. The van der Waals surface area contributed by atoms with E-state index in [1.807, 2.05) is 13.8 Å². The van der Waals surface area contributed by atoms with Gasteiger partial charge in [-0.05, 0) is 25.5 Å². The molecule has 8 nitrogen and oxygen atoms in total. The first kappa shape index (κ1) is 22.6. The number of anilines is 1. The number of hydrogen-bond donors (Lipinski definition) is 3. The Hall–Kier alpha value is -3.08. The van der Waals surface area contributed by atoms with Gasteiger partial charge in [-0.1, -0.05) is 18.2 Å². The predicted octanol–water partition coefficient (Wildman–Crippen LogP) is 3.57. The quantitative estimate of drug-likeness (QED) is 0.637. The van der Waals surface area contributed by atoms with E-state index >= 15 is 0 Å². The molecule has 3 rings (SSSR count). The summed E-state index contributed by atoms with van der Waals surface area (Å²) >= 11 is 0. The zero-order chi connectivity index (χ0) is 22.6. The third kappa shape index (κ3) is 6.20. The van der Waals surface area contributed by atoms with Gasteiger partial charge in [0.15, 0.2) is 5.82 Å². The van der Waals surface area contributed by atoms with Crippen LogP contribution in [0.1, 0.15) is 43.2 Å². The number of rotatable bonds is 6. The molecule has 2 amide bonds. The van der Waals surface area contributed by atoms with Crippen LogP contribution in [0.15, 0.2) is 30.3 Å². The number of alkyl carbamates (subject to hydrolysis) is 1. The number of carbonyl (C=O) groups is 2. The highest BCUT2D eigenvalue weighted by molar-refractivity contribution is 5.91. The Morgan fingerprint density at radius 2 is 2.06 bits per heavy atom. The SMILES string of the molecule is CC(C)NC(=O)OC1COC(c2cc(NC(=O)Cc3ccccc3C(F)(F)F)n[nH]2)C1. The monoisotopic (exact) mass is 440 g/mol. The van der Waals surface area contributed by atoms with E-state index in [9.17, 15) is 22.8 Å². The fraction of sp³-hybridized carbons (Fsp3) is 0.450. The molecule has 0 radical (unpaired) electrons. The maximum absolute atomic E-state index is 13.1. The smallest absolute Gasteiger partial charge is 0.416 e. The highest BCUT2D eigenvalue weighted by Gasteiger charge is 2.33. The zero-order valence-corrected chi connectivity index (χ0v) is 17.0. The summed E-state index contributed by atoms with van der Waals surface area (Å²) in [4.78, 5) is 23.9. The van der Waals surface area contributed by atoms with E-state index in [2.05, 4.69) is 20.8 Å². The first-order valence-electron chi connectivity index (χ1n) is 9.71. The Labute approximate surface area is 176 Å². The molecule has 1 aromatic carbocycles. The van der Waals surface area contributed by atoms with E-state index in [1.165, 1.54) is 24.3 Å². The van der Waals surface area contributed by atoms with Crippen LogP contribution in [0.2, 0.25) is 0 Å². The fourth-order valence-electron chi connectivity index (χ4n) is 3.19. The van der Waals surface area contributed by atoms with Crippen LogP contribution in [0, 0.1) is 0 Å². The second kappa shape index (κ2) is 9.38. The Balaban J connectivity index is 1.55.